The molecule has 0 unspecified atom stereocenters. The van der Waals surface area contributed by atoms with Gasteiger partial charge in [-0.25, -0.2) is 0 Å². The number of hydrogen-bond acceptors (Lipinski definition) is 3. The maximum absolute atomic E-state index is 11.9. The number of aliphatic hydroxyl groups excluding tert-OH is 1. The van der Waals surface area contributed by atoms with Gasteiger partial charge in [-0.15, -0.1) is 0 Å². The summed E-state index contributed by atoms with van der Waals surface area (Å²) < 4.78 is 5.64. The van der Waals surface area contributed by atoms with Crippen LogP contribution in [0, 0.1) is 13.8 Å². The Morgan fingerprint density at radius 1 is 1.19 bits per heavy atom. The van der Waals surface area contributed by atoms with Crippen molar-refractivity contribution in [2.24, 2.45) is 0 Å². The van der Waals surface area contributed by atoms with Gasteiger partial charge in [-0.05, 0) is 62.8 Å². The molecule has 0 saturated heterocycles. The van der Waals surface area contributed by atoms with E-state index in [1.165, 1.54) is 0 Å². The number of amides is 1. The average molecular weight is 291 g/mol. The molecule has 0 radical (unpaired) electrons. The third-order valence-corrected chi connectivity index (χ3v) is 3.85. The lowest BCUT2D eigenvalue weighted by Gasteiger charge is -2.26. The molecule has 0 spiro atoms. The lowest BCUT2D eigenvalue weighted by molar-refractivity contribution is -0.122. The van der Waals surface area contributed by atoms with E-state index < -0.39 is 0 Å². The number of rotatable bonds is 5. The molecule has 0 atom stereocenters. The summed E-state index contributed by atoms with van der Waals surface area (Å²) in [7, 11) is 0. The molecule has 1 aromatic rings. The first kappa shape index (κ1) is 15.8. The Kier molecular flexibility index (Phi) is 5.62. The van der Waals surface area contributed by atoms with Crippen molar-refractivity contribution < 1.29 is 14.6 Å². The van der Waals surface area contributed by atoms with Gasteiger partial charge in [0.15, 0.2) is 0 Å². The molecule has 2 N–H and O–H groups in total. The van der Waals surface area contributed by atoms with Crippen LogP contribution in [0.1, 0.15) is 43.2 Å². The molecule has 0 heterocycles. The topological polar surface area (TPSA) is 58.6 Å². The van der Waals surface area contributed by atoms with Gasteiger partial charge in [0.25, 0.3) is 0 Å². The minimum Gasteiger partial charge on any atom is -0.493 e. The van der Waals surface area contributed by atoms with E-state index in [1.54, 1.807) is 0 Å². The van der Waals surface area contributed by atoms with Crippen LogP contribution in [0.15, 0.2) is 18.2 Å². The highest BCUT2D eigenvalue weighted by Gasteiger charge is 2.20. The molecule has 1 fully saturated rings. The van der Waals surface area contributed by atoms with Crippen LogP contribution in [-0.4, -0.2) is 29.8 Å². The fourth-order valence-corrected chi connectivity index (χ4v) is 2.80. The molecule has 0 bridgehead atoms. The summed E-state index contributed by atoms with van der Waals surface area (Å²) in [4.78, 5) is 11.9. The van der Waals surface area contributed by atoms with E-state index in [-0.39, 0.29) is 18.1 Å². The number of carbonyl (C=O) groups excluding carboxylic acids is 1. The van der Waals surface area contributed by atoms with Gasteiger partial charge in [-0.1, -0.05) is 6.07 Å². The Bertz CT molecular complexity index is 459. The maximum Gasteiger partial charge on any atom is 0.223 e. The molecule has 4 heteroatoms. The summed E-state index contributed by atoms with van der Waals surface area (Å²) in [6.45, 7) is 4.46. The van der Waals surface area contributed by atoms with E-state index >= 15 is 0 Å². The molecule has 2 rings (SSSR count). The number of nitrogens with one attached hydrogen (secondary N) is 1. The van der Waals surface area contributed by atoms with E-state index in [0.29, 0.717) is 13.0 Å². The molecule has 1 aromatic carbocycles. The second kappa shape index (κ2) is 7.46. The largest absolute Gasteiger partial charge is 0.493 e. The minimum atomic E-state index is -0.189. The van der Waals surface area contributed by atoms with Crippen LogP contribution in [0.2, 0.25) is 0 Å². The van der Waals surface area contributed by atoms with E-state index in [1.807, 2.05) is 26.0 Å². The van der Waals surface area contributed by atoms with E-state index in [2.05, 4.69) is 11.4 Å². The Morgan fingerprint density at radius 2 is 1.81 bits per heavy atom. The Morgan fingerprint density at radius 3 is 2.43 bits per heavy atom. The summed E-state index contributed by atoms with van der Waals surface area (Å²) in [6, 6.07) is 6.26. The van der Waals surface area contributed by atoms with Gasteiger partial charge in [0.05, 0.1) is 19.1 Å². The van der Waals surface area contributed by atoms with Gasteiger partial charge in [0.1, 0.15) is 5.75 Å². The second-order valence-electron chi connectivity index (χ2n) is 5.99. The van der Waals surface area contributed by atoms with Crippen molar-refractivity contribution in [3.8, 4) is 5.75 Å². The molecule has 1 saturated carbocycles. The van der Waals surface area contributed by atoms with Crippen LogP contribution in [0.4, 0.5) is 0 Å². The maximum atomic E-state index is 11.9. The van der Waals surface area contributed by atoms with Crippen molar-refractivity contribution in [1.29, 1.82) is 0 Å². The molecule has 116 valence electrons. The molecule has 1 aliphatic rings. The highest BCUT2D eigenvalue weighted by molar-refractivity contribution is 5.76. The number of carbonyl (C=O) groups is 1. The Hall–Kier alpha value is -1.55. The summed E-state index contributed by atoms with van der Waals surface area (Å²) in [6.07, 6.45) is 3.47. The standard InChI is InChI=1S/C17H25NO3/c1-12-9-13(2)11-16(10-12)21-8-7-17(20)18-14-3-5-15(19)6-4-14/h9-11,14-15,19H,3-8H2,1-2H3,(H,18,20). The number of ether oxygens (including phenoxy) is 1. The third-order valence-electron chi connectivity index (χ3n) is 3.85. The molecular formula is C17H25NO3. The van der Waals surface area contributed by atoms with Crippen LogP contribution < -0.4 is 10.1 Å². The van der Waals surface area contributed by atoms with Crippen molar-refractivity contribution in [1.82, 2.24) is 5.32 Å². The first-order valence-corrected chi connectivity index (χ1v) is 7.71. The molecule has 0 aromatic heterocycles. The minimum absolute atomic E-state index is 0.0285. The second-order valence-corrected chi connectivity index (χ2v) is 5.99. The number of aryl methyl sites for hydroxylation is 2. The first-order chi connectivity index (χ1) is 10.0. The van der Waals surface area contributed by atoms with Gasteiger partial charge in [-0.2, -0.15) is 0 Å². The van der Waals surface area contributed by atoms with Gasteiger partial charge < -0.3 is 15.2 Å². The lowest BCUT2D eigenvalue weighted by atomic mass is 9.93. The molecule has 0 aliphatic heterocycles. The zero-order valence-corrected chi connectivity index (χ0v) is 12.9. The van der Waals surface area contributed by atoms with Crippen LogP contribution in [0.3, 0.4) is 0 Å². The monoisotopic (exact) mass is 291 g/mol. The van der Waals surface area contributed by atoms with E-state index in [0.717, 1.165) is 42.6 Å². The van der Waals surface area contributed by atoms with Crippen LogP contribution >= 0.6 is 0 Å². The highest BCUT2D eigenvalue weighted by atomic mass is 16.5. The van der Waals surface area contributed by atoms with E-state index in [9.17, 15) is 9.90 Å². The van der Waals surface area contributed by atoms with Crippen molar-refractivity contribution >= 4 is 5.91 Å². The fourth-order valence-electron chi connectivity index (χ4n) is 2.80. The molecule has 1 amide bonds. The summed E-state index contributed by atoms with van der Waals surface area (Å²) in [5.41, 5.74) is 2.32. The normalized spacial score (nSPS) is 21.9. The quantitative estimate of drug-likeness (QED) is 0.876. The molecular weight excluding hydrogens is 266 g/mol. The third kappa shape index (κ3) is 5.38. The lowest BCUT2D eigenvalue weighted by Crippen LogP contribution is -2.39. The Balaban J connectivity index is 1.69. The SMILES string of the molecule is Cc1cc(C)cc(OCCC(=O)NC2CCC(O)CC2)c1. The van der Waals surface area contributed by atoms with Crippen molar-refractivity contribution in [2.45, 2.75) is 58.1 Å². The van der Waals surface area contributed by atoms with Gasteiger partial charge in [0, 0.05) is 6.04 Å². The molecule has 4 nitrogen and oxygen atoms in total. The highest BCUT2D eigenvalue weighted by Crippen LogP contribution is 2.19. The van der Waals surface area contributed by atoms with Crippen LogP contribution in [0.25, 0.3) is 0 Å². The molecule has 1 aliphatic carbocycles. The fraction of sp³-hybridized carbons (Fsp3) is 0.588. The van der Waals surface area contributed by atoms with Crippen LogP contribution in [-0.2, 0) is 4.79 Å². The zero-order valence-electron chi connectivity index (χ0n) is 12.9. The average Bonchev–Trinajstić information content (AvgIpc) is 2.40. The van der Waals surface area contributed by atoms with Gasteiger partial charge in [0.2, 0.25) is 5.91 Å². The van der Waals surface area contributed by atoms with Crippen molar-refractivity contribution in [3.63, 3.8) is 0 Å². The number of hydrogen-bond donors (Lipinski definition) is 2. The summed E-state index contributed by atoms with van der Waals surface area (Å²) >= 11 is 0. The predicted molar refractivity (Wildman–Crippen MR) is 82.4 cm³/mol. The molecule has 21 heavy (non-hydrogen) atoms. The van der Waals surface area contributed by atoms with Gasteiger partial charge in [-0.3, -0.25) is 4.79 Å². The van der Waals surface area contributed by atoms with Crippen molar-refractivity contribution in [2.75, 3.05) is 6.61 Å². The van der Waals surface area contributed by atoms with Gasteiger partial charge >= 0.3 is 0 Å². The van der Waals surface area contributed by atoms with Crippen molar-refractivity contribution in [3.05, 3.63) is 29.3 Å². The predicted octanol–water partition coefficient (Wildman–Crippen LogP) is 2.49. The number of benzene rings is 1. The summed E-state index contributed by atoms with van der Waals surface area (Å²) in [5, 5.41) is 12.5. The van der Waals surface area contributed by atoms with Crippen LogP contribution in [0.5, 0.6) is 5.75 Å². The number of aliphatic hydroxyl groups is 1. The Labute approximate surface area is 126 Å². The van der Waals surface area contributed by atoms with E-state index in [4.69, 9.17) is 4.74 Å². The first-order valence-electron chi connectivity index (χ1n) is 7.71. The smallest absolute Gasteiger partial charge is 0.223 e. The zero-order chi connectivity index (χ0) is 15.2. The summed E-state index contributed by atoms with van der Waals surface area (Å²) in [5.74, 6) is 0.849.